The summed E-state index contributed by atoms with van der Waals surface area (Å²) in [6.07, 6.45) is 4.00. The largest absolute Gasteiger partial charge is 0.463 e. The van der Waals surface area contributed by atoms with E-state index in [2.05, 4.69) is 11.4 Å². The van der Waals surface area contributed by atoms with Gasteiger partial charge in [0.05, 0.1) is 18.2 Å². The molecular weight excluding hydrogens is 328 g/mol. The topological polar surface area (TPSA) is 79.2 Å². The number of nitrogens with one attached hydrogen (secondary N) is 1. The summed E-state index contributed by atoms with van der Waals surface area (Å²) in [5, 5.41) is 11.6. The van der Waals surface area contributed by atoms with Crippen molar-refractivity contribution in [1.29, 1.82) is 5.26 Å². The SMILES string of the molecule is CCOC(=O)/C=C/c1ccc(NC(=O)CCc2ccc(C#N)cc2)cc1. The van der Waals surface area contributed by atoms with Crippen molar-refractivity contribution in [3.05, 3.63) is 71.3 Å². The van der Waals surface area contributed by atoms with E-state index in [0.717, 1.165) is 11.1 Å². The second-order valence-electron chi connectivity index (χ2n) is 5.56. The van der Waals surface area contributed by atoms with Crippen LogP contribution >= 0.6 is 0 Å². The quantitative estimate of drug-likeness (QED) is 0.611. The summed E-state index contributed by atoms with van der Waals surface area (Å²) in [5.41, 5.74) is 3.16. The molecule has 0 saturated carbocycles. The lowest BCUT2D eigenvalue weighted by atomic mass is 10.1. The zero-order valence-corrected chi connectivity index (χ0v) is 14.6. The molecule has 0 aliphatic carbocycles. The van der Waals surface area contributed by atoms with Gasteiger partial charge in [-0.05, 0) is 54.8 Å². The van der Waals surface area contributed by atoms with Gasteiger partial charge in [-0.3, -0.25) is 4.79 Å². The minimum atomic E-state index is -0.382. The molecular formula is C21H20N2O3. The van der Waals surface area contributed by atoms with Gasteiger partial charge >= 0.3 is 5.97 Å². The van der Waals surface area contributed by atoms with Crippen molar-refractivity contribution in [2.24, 2.45) is 0 Å². The van der Waals surface area contributed by atoms with E-state index in [4.69, 9.17) is 10.00 Å². The maximum Gasteiger partial charge on any atom is 0.330 e. The molecule has 5 heteroatoms. The summed E-state index contributed by atoms with van der Waals surface area (Å²) >= 11 is 0. The smallest absolute Gasteiger partial charge is 0.330 e. The fourth-order valence-electron chi connectivity index (χ4n) is 2.26. The van der Waals surface area contributed by atoms with Gasteiger partial charge in [-0.15, -0.1) is 0 Å². The maximum atomic E-state index is 12.0. The molecule has 0 atom stereocenters. The maximum absolute atomic E-state index is 12.0. The molecule has 2 rings (SSSR count). The molecule has 0 spiro atoms. The first-order chi connectivity index (χ1) is 12.6. The molecule has 0 saturated heterocycles. The van der Waals surface area contributed by atoms with Crippen molar-refractivity contribution < 1.29 is 14.3 Å². The van der Waals surface area contributed by atoms with Crippen LogP contribution in [0.25, 0.3) is 6.08 Å². The van der Waals surface area contributed by atoms with Crippen LogP contribution in [0, 0.1) is 11.3 Å². The van der Waals surface area contributed by atoms with E-state index in [0.29, 0.717) is 30.7 Å². The Morgan fingerprint density at radius 1 is 1.12 bits per heavy atom. The molecule has 0 fully saturated rings. The van der Waals surface area contributed by atoms with Gasteiger partial charge in [-0.25, -0.2) is 4.79 Å². The van der Waals surface area contributed by atoms with Crippen LogP contribution < -0.4 is 5.32 Å². The van der Waals surface area contributed by atoms with Gasteiger partial charge in [0.25, 0.3) is 0 Å². The fourth-order valence-corrected chi connectivity index (χ4v) is 2.26. The third-order valence-corrected chi connectivity index (χ3v) is 3.62. The number of aryl methyl sites for hydroxylation is 1. The van der Waals surface area contributed by atoms with Crippen LogP contribution in [0.4, 0.5) is 5.69 Å². The van der Waals surface area contributed by atoms with Crippen LogP contribution in [0.5, 0.6) is 0 Å². The molecule has 0 radical (unpaired) electrons. The van der Waals surface area contributed by atoms with E-state index in [-0.39, 0.29) is 11.9 Å². The molecule has 2 aromatic rings. The summed E-state index contributed by atoms with van der Waals surface area (Å²) in [4.78, 5) is 23.3. The van der Waals surface area contributed by atoms with Gasteiger partial charge in [-0.2, -0.15) is 5.26 Å². The standard InChI is InChI=1S/C21H20N2O3/c1-2-26-21(25)14-10-17-7-11-19(12-8-17)23-20(24)13-9-16-3-5-18(15-22)6-4-16/h3-8,10-12,14H,2,9,13H2,1H3,(H,23,24)/b14-10+. The number of hydrogen-bond acceptors (Lipinski definition) is 4. The number of benzene rings is 2. The summed E-state index contributed by atoms with van der Waals surface area (Å²) < 4.78 is 4.82. The van der Waals surface area contributed by atoms with Crippen LogP contribution in [0.1, 0.15) is 30.0 Å². The number of carbonyl (C=O) groups excluding carboxylic acids is 2. The molecule has 0 aliphatic rings. The Balaban J connectivity index is 1.83. The number of nitrogens with zero attached hydrogens (tertiary/aromatic N) is 1. The first-order valence-corrected chi connectivity index (χ1v) is 8.34. The van der Waals surface area contributed by atoms with Crippen LogP contribution in [-0.4, -0.2) is 18.5 Å². The molecule has 2 aromatic carbocycles. The minimum absolute atomic E-state index is 0.0795. The number of carbonyl (C=O) groups is 2. The molecule has 132 valence electrons. The van der Waals surface area contributed by atoms with Crippen molar-refractivity contribution in [3.8, 4) is 6.07 Å². The number of rotatable bonds is 7. The second-order valence-corrected chi connectivity index (χ2v) is 5.56. The number of nitriles is 1. The van der Waals surface area contributed by atoms with E-state index < -0.39 is 0 Å². The van der Waals surface area contributed by atoms with Crippen molar-refractivity contribution in [3.63, 3.8) is 0 Å². The van der Waals surface area contributed by atoms with Crippen LogP contribution in [0.15, 0.2) is 54.6 Å². The van der Waals surface area contributed by atoms with Crippen LogP contribution in [-0.2, 0) is 20.7 Å². The molecule has 5 nitrogen and oxygen atoms in total. The molecule has 1 N–H and O–H groups in total. The van der Waals surface area contributed by atoms with Gasteiger partial charge < -0.3 is 10.1 Å². The fraction of sp³-hybridized carbons (Fsp3) is 0.190. The highest BCUT2D eigenvalue weighted by Gasteiger charge is 2.04. The summed E-state index contributed by atoms with van der Waals surface area (Å²) in [6.45, 7) is 2.10. The molecule has 0 unspecified atom stereocenters. The van der Waals surface area contributed by atoms with Crippen molar-refractivity contribution in [2.45, 2.75) is 19.8 Å². The highest BCUT2D eigenvalue weighted by atomic mass is 16.5. The number of amides is 1. The normalized spacial score (nSPS) is 10.3. The van der Waals surface area contributed by atoms with E-state index in [1.807, 2.05) is 24.3 Å². The van der Waals surface area contributed by atoms with Crippen molar-refractivity contribution in [2.75, 3.05) is 11.9 Å². The molecule has 1 amide bonds. The Labute approximate surface area is 152 Å². The number of hydrogen-bond donors (Lipinski definition) is 1. The van der Waals surface area contributed by atoms with Crippen LogP contribution in [0.3, 0.4) is 0 Å². The predicted molar refractivity (Wildman–Crippen MR) is 100 cm³/mol. The lowest BCUT2D eigenvalue weighted by molar-refractivity contribution is -0.137. The zero-order valence-electron chi connectivity index (χ0n) is 14.6. The van der Waals surface area contributed by atoms with Gasteiger partial charge in [0.2, 0.25) is 5.91 Å². The lowest BCUT2D eigenvalue weighted by Gasteiger charge is -2.06. The Morgan fingerprint density at radius 3 is 2.42 bits per heavy atom. The highest BCUT2D eigenvalue weighted by Crippen LogP contribution is 2.12. The van der Waals surface area contributed by atoms with Crippen molar-refractivity contribution >= 4 is 23.6 Å². The van der Waals surface area contributed by atoms with Gasteiger partial charge in [0.1, 0.15) is 0 Å². The molecule has 0 heterocycles. The Morgan fingerprint density at radius 2 is 1.81 bits per heavy atom. The summed E-state index contributed by atoms with van der Waals surface area (Å²) in [7, 11) is 0. The minimum Gasteiger partial charge on any atom is -0.463 e. The van der Waals surface area contributed by atoms with E-state index in [1.165, 1.54) is 6.08 Å². The summed E-state index contributed by atoms with van der Waals surface area (Å²) in [6, 6.07) is 16.5. The Kier molecular flexibility index (Phi) is 7.14. The summed E-state index contributed by atoms with van der Waals surface area (Å²) in [5.74, 6) is -0.461. The first-order valence-electron chi connectivity index (χ1n) is 8.34. The lowest BCUT2D eigenvalue weighted by Crippen LogP contribution is -2.12. The van der Waals surface area contributed by atoms with Crippen LogP contribution in [0.2, 0.25) is 0 Å². The van der Waals surface area contributed by atoms with Gasteiger partial charge in [0.15, 0.2) is 0 Å². The molecule has 0 aliphatic heterocycles. The average Bonchev–Trinajstić information content (AvgIpc) is 2.66. The Hall–Kier alpha value is -3.39. The molecule has 26 heavy (non-hydrogen) atoms. The third-order valence-electron chi connectivity index (χ3n) is 3.62. The third kappa shape index (κ3) is 6.25. The van der Waals surface area contributed by atoms with E-state index in [9.17, 15) is 9.59 Å². The second kappa shape index (κ2) is 9.80. The predicted octanol–water partition coefficient (Wildman–Crippen LogP) is 3.71. The number of ether oxygens (including phenoxy) is 1. The first kappa shape index (κ1) is 18.9. The zero-order chi connectivity index (χ0) is 18.8. The highest BCUT2D eigenvalue weighted by molar-refractivity contribution is 5.91. The van der Waals surface area contributed by atoms with E-state index in [1.54, 1.807) is 37.3 Å². The van der Waals surface area contributed by atoms with E-state index >= 15 is 0 Å². The van der Waals surface area contributed by atoms with Crippen molar-refractivity contribution in [1.82, 2.24) is 0 Å². The molecule has 0 aromatic heterocycles. The monoisotopic (exact) mass is 348 g/mol. The number of anilines is 1. The number of esters is 1. The Bertz CT molecular complexity index is 816. The van der Waals surface area contributed by atoms with Gasteiger partial charge in [0, 0.05) is 18.2 Å². The average molecular weight is 348 g/mol. The molecule has 0 bridgehead atoms. The van der Waals surface area contributed by atoms with Gasteiger partial charge in [-0.1, -0.05) is 24.3 Å².